The normalized spacial score (nSPS) is 11.4. The van der Waals surface area contributed by atoms with Gasteiger partial charge in [0.05, 0.1) is 6.61 Å². The van der Waals surface area contributed by atoms with Crippen LogP contribution in [0.1, 0.15) is 32.1 Å². The number of carboxylic acids is 3. The quantitative estimate of drug-likeness (QED) is 0.217. The fraction of sp³-hybridized carbons (Fsp3) is 0.583. The van der Waals surface area contributed by atoms with E-state index in [2.05, 4.69) is 4.74 Å². The van der Waals surface area contributed by atoms with Crippen LogP contribution in [0.2, 0.25) is 0 Å². The van der Waals surface area contributed by atoms with E-state index in [1.165, 1.54) is 0 Å². The summed E-state index contributed by atoms with van der Waals surface area (Å²) in [6.07, 6.45) is 1.66. The van der Waals surface area contributed by atoms with Crippen molar-refractivity contribution in [3.63, 3.8) is 0 Å². The first-order chi connectivity index (χ1) is 9.77. The summed E-state index contributed by atoms with van der Waals surface area (Å²) in [6, 6.07) is 0. The van der Waals surface area contributed by atoms with E-state index in [0.717, 1.165) is 0 Å². The molecule has 0 bridgehead atoms. The van der Waals surface area contributed by atoms with Crippen molar-refractivity contribution >= 4 is 29.7 Å². The molecule has 21 heavy (non-hydrogen) atoms. The number of carbonyl (C=O) groups excluding carboxylic acids is 2. The lowest BCUT2D eigenvalue weighted by Gasteiger charge is -2.08. The summed E-state index contributed by atoms with van der Waals surface area (Å²) in [6.45, 7) is -0.0679. The fourth-order valence-corrected chi connectivity index (χ4v) is 1.55. The van der Waals surface area contributed by atoms with Gasteiger partial charge >= 0.3 is 23.9 Å². The van der Waals surface area contributed by atoms with Crippen molar-refractivity contribution in [3.8, 4) is 0 Å². The molecule has 9 nitrogen and oxygen atoms in total. The Hall–Kier alpha value is -2.45. The van der Waals surface area contributed by atoms with Gasteiger partial charge in [0.1, 0.15) is 5.92 Å². The number of rotatable bonds is 10. The summed E-state index contributed by atoms with van der Waals surface area (Å²) in [4.78, 5) is 52.9. The standard InChI is InChI=1S/C12H16O9/c13-8(10(16)17)7(9(14)15)5-3-1-2-4-6-21-12(20)11(18)19/h7H,1-6H2,(H,14,15)(H,16,17)(H,18,19). The molecule has 0 aliphatic heterocycles. The average Bonchev–Trinajstić information content (AvgIpc) is 2.40. The number of hydrogen-bond acceptors (Lipinski definition) is 6. The molecule has 0 aromatic heterocycles. The molecule has 3 N–H and O–H groups in total. The minimum atomic E-state index is -1.78. The van der Waals surface area contributed by atoms with Gasteiger partial charge in [-0.2, -0.15) is 0 Å². The summed E-state index contributed by atoms with van der Waals surface area (Å²) in [5.74, 6) is -9.18. The van der Waals surface area contributed by atoms with Gasteiger partial charge in [-0.15, -0.1) is 0 Å². The van der Waals surface area contributed by atoms with Gasteiger partial charge in [0, 0.05) is 0 Å². The topological polar surface area (TPSA) is 155 Å². The van der Waals surface area contributed by atoms with E-state index in [-0.39, 0.29) is 13.0 Å². The highest BCUT2D eigenvalue weighted by molar-refractivity contribution is 6.37. The third-order valence-electron chi connectivity index (χ3n) is 2.62. The predicted octanol–water partition coefficient (Wildman–Crippen LogP) is -0.0808. The van der Waals surface area contributed by atoms with Crippen molar-refractivity contribution in [3.05, 3.63) is 0 Å². The van der Waals surface area contributed by atoms with Crippen molar-refractivity contribution in [2.75, 3.05) is 6.61 Å². The van der Waals surface area contributed by atoms with Crippen LogP contribution >= 0.6 is 0 Å². The van der Waals surface area contributed by atoms with E-state index in [4.69, 9.17) is 15.3 Å². The Morgan fingerprint density at radius 3 is 1.86 bits per heavy atom. The Labute approximate surface area is 119 Å². The lowest BCUT2D eigenvalue weighted by molar-refractivity contribution is -0.163. The summed E-state index contributed by atoms with van der Waals surface area (Å²) in [5.41, 5.74) is 0. The Bertz CT molecular complexity index is 426. The van der Waals surface area contributed by atoms with Crippen molar-refractivity contribution in [2.24, 2.45) is 5.92 Å². The van der Waals surface area contributed by atoms with Crippen LogP contribution in [0.5, 0.6) is 0 Å². The van der Waals surface area contributed by atoms with E-state index in [9.17, 15) is 24.0 Å². The molecule has 0 heterocycles. The fourth-order valence-electron chi connectivity index (χ4n) is 1.55. The monoisotopic (exact) mass is 304 g/mol. The molecule has 0 amide bonds. The number of ketones is 1. The molecule has 0 saturated carbocycles. The smallest absolute Gasteiger partial charge is 0.417 e. The lowest BCUT2D eigenvalue weighted by atomic mass is 9.96. The summed E-state index contributed by atoms with van der Waals surface area (Å²) in [5, 5.41) is 25.4. The molecule has 0 spiro atoms. The van der Waals surface area contributed by atoms with Crippen LogP contribution in [0, 0.1) is 5.92 Å². The highest BCUT2D eigenvalue weighted by atomic mass is 16.6. The third kappa shape index (κ3) is 7.65. The number of unbranched alkanes of at least 4 members (excludes halogenated alkanes) is 3. The first-order valence-corrected chi connectivity index (χ1v) is 6.17. The Morgan fingerprint density at radius 1 is 0.810 bits per heavy atom. The highest BCUT2D eigenvalue weighted by Gasteiger charge is 2.30. The van der Waals surface area contributed by atoms with Crippen molar-refractivity contribution in [1.29, 1.82) is 0 Å². The molecular formula is C12H16O9. The zero-order valence-electron chi connectivity index (χ0n) is 11.1. The van der Waals surface area contributed by atoms with Crippen LogP contribution in [0.3, 0.4) is 0 Å². The first kappa shape index (κ1) is 18.6. The van der Waals surface area contributed by atoms with E-state index >= 15 is 0 Å². The maximum Gasteiger partial charge on any atom is 0.417 e. The van der Waals surface area contributed by atoms with Gasteiger partial charge in [-0.1, -0.05) is 19.3 Å². The van der Waals surface area contributed by atoms with Gasteiger partial charge in [-0.25, -0.2) is 14.4 Å². The Morgan fingerprint density at radius 2 is 1.38 bits per heavy atom. The molecule has 0 fully saturated rings. The molecule has 0 saturated heterocycles. The van der Waals surface area contributed by atoms with E-state index in [1.807, 2.05) is 0 Å². The van der Waals surface area contributed by atoms with Gasteiger partial charge in [0.25, 0.3) is 5.78 Å². The van der Waals surface area contributed by atoms with Crippen LogP contribution < -0.4 is 0 Å². The highest BCUT2D eigenvalue weighted by Crippen LogP contribution is 2.13. The Kier molecular flexibility index (Phi) is 8.35. The largest absolute Gasteiger partial charge is 0.481 e. The van der Waals surface area contributed by atoms with Crippen molar-refractivity contribution < 1.29 is 44.0 Å². The SMILES string of the molecule is O=C(O)C(=O)OCCCCCCC(C(=O)O)C(=O)C(=O)O. The molecule has 0 aliphatic carbocycles. The van der Waals surface area contributed by atoms with Crippen LogP contribution in [-0.2, 0) is 28.7 Å². The number of Topliss-reactive ketones (excluding diaryl/α,β-unsaturated/α-hetero) is 1. The number of ether oxygens (including phenoxy) is 1. The molecule has 0 rings (SSSR count). The second-order valence-corrected chi connectivity index (χ2v) is 4.20. The molecular weight excluding hydrogens is 288 g/mol. The van der Waals surface area contributed by atoms with E-state index in [0.29, 0.717) is 25.7 Å². The minimum absolute atomic E-state index is 0.0679. The van der Waals surface area contributed by atoms with E-state index < -0.39 is 35.6 Å². The van der Waals surface area contributed by atoms with Crippen molar-refractivity contribution in [1.82, 2.24) is 0 Å². The maximum absolute atomic E-state index is 11.1. The van der Waals surface area contributed by atoms with E-state index in [1.54, 1.807) is 0 Å². The van der Waals surface area contributed by atoms with Crippen LogP contribution in [0.4, 0.5) is 0 Å². The Balaban J connectivity index is 3.85. The summed E-state index contributed by atoms with van der Waals surface area (Å²) in [7, 11) is 0. The molecule has 1 unspecified atom stereocenters. The average molecular weight is 304 g/mol. The predicted molar refractivity (Wildman–Crippen MR) is 65.4 cm³/mol. The molecule has 0 aromatic rings. The maximum atomic E-state index is 11.1. The van der Waals surface area contributed by atoms with Crippen molar-refractivity contribution in [2.45, 2.75) is 32.1 Å². The number of esters is 1. The molecule has 0 aliphatic rings. The van der Waals surface area contributed by atoms with Crippen LogP contribution in [0.15, 0.2) is 0 Å². The molecule has 118 valence electrons. The molecule has 1 atom stereocenters. The van der Waals surface area contributed by atoms with Gasteiger partial charge < -0.3 is 20.1 Å². The second kappa shape index (κ2) is 9.45. The third-order valence-corrected chi connectivity index (χ3v) is 2.62. The van der Waals surface area contributed by atoms with Gasteiger partial charge in [0.15, 0.2) is 0 Å². The molecule has 0 aromatic carbocycles. The number of carboxylic acid groups (broad SMARTS) is 3. The lowest BCUT2D eigenvalue weighted by Crippen LogP contribution is -2.29. The van der Waals surface area contributed by atoms with Crippen LogP contribution in [0.25, 0.3) is 0 Å². The summed E-state index contributed by atoms with van der Waals surface area (Å²) < 4.78 is 4.37. The number of aliphatic carboxylic acids is 3. The second-order valence-electron chi connectivity index (χ2n) is 4.20. The van der Waals surface area contributed by atoms with Crippen LogP contribution in [-0.4, -0.2) is 51.6 Å². The molecule has 9 heteroatoms. The van der Waals surface area contributed by atoms with Gasteiger partial charge in [-0.05, 0) is 12.8 Å². The molecule has 0 radical (unpaired) electrons. The minimum Gasteiger partial charge on any atom is -0.481 e. The first-order valence-electron chi connectivity index (χ1n) is 6.17. The van der Waals surface area contributed by atoms with Gasteiger partial charge in [0.2, 0.25) is 0 Å². The van der Waals surface area contributed by atoms with Gasteiger partial charge in [-0.3, -0.25) is 9.59 Å². The summed E-state index contributed by atoms with van der Waals surface area (Å²) >= 11 is 0. The zero-order chi connectivity index (χ0) is 16.4. The number of carbonyl (C=O) groups is 5. The zero-order valence-corrected chi connectivity index (χ0v) is 11.1. The number of hydrogen-bond donors (Lipinski definition) is 3.